The van der Waals surface area contributed by atoms with Crippen molar-refractivity contribution in [3.05, 3.63) is 45.9 Å². The standard InChI is InChI=1S/C16H23N5O2S2.HI/c1-12-4-6-14(7-5-12)25(22,23)21-9-8-18-16(17-3)20-11-15-19-10-13(2)24-15;/h4-7,10,21H,8-9,11H2,1-3H3,(H2,17,18,20);1H. The van der Waals surface area contributed by atoms with Crippen molar-refractivity contribution in [2.75, 3.05) is 20.1 Å². The van der Waals surface area contributed by atoms with Crippen LogP contribution in [0.4, 0.5) is 0 Å². The second kappa shape index (κ2) is 10.8. The molecule has 144 valence electrons. The minimum Gasteiger partial charge on any atom is -0.355 e. The Labute approximate surface area is 175 Å². The number of hydrogen-bond acceptors (Lipinski definition) is 5. The van der Waals surface area contributed by atoms with Crippen LogP contribution in [-0.2, 0) is 16.6 Å². The first-order valence-corrected chi connectivity index (χ1v) is 10.1. The molecule has 0 atom stereocenters. The van der Waals surface area contributed by atoms with E-state index in [1.807, 2.05) is 20.0 Å². The molecule has 0 bridgehead atoms. The van der Waals surface area contributed by atoms with Crippen LogP contribution in [0, 0.1) is 13.8 Å². The van der Waals surface area contributed by atoms with Crippen molar-refractivity contribution in [2.24, 2.45) is 4.99 Å². The Morgan fingerprint density at radius 1 is 1.15 bits per heavy atom. The van der Waals surface area contributed by atoms with E-state index in [2.05, 4.69) is 25.3 Å². The van der Waals surface area contributed by atoms with Gasteiger partial charge in [0.15, 0.2) is 5.96 Å². The van der Waals surface area contributed by atoms with Gasteiger partial charge >= 0.3 is 0 Å². The fraction of sp³-hybridized carbons (Fsp3) is 0.375. The summed E-state index contributed by atoms with van der Waals surface area (Å²) in [5, 5.41) is 7.19. The molecule has 26 heavy (non-hydrogen) atoms. The Kier molecular flexibility index (Phi) is 9.47. The predicted molar refractivity (Wildman–Crippen MR) is 117 cm³/mol. The monoisotopic (exact) mass is 509 g/mol. The lowest BCUT2D eigenvalue weighted by Gasteiger charge is -2.12. The van der Waals surface area contributed by atoms with E-state index < -0.39 is 10.0 Å². The molecule has 0 spiro atoms. The Morgan fingerprint density at radius 2 is 1.85 bits per heavy atom. The molecule has 2 rings (SSSR count). The molecule has 0 aliphatic heterocycles. The Morgan fingerprint density at radius 3 is 2.42 bits per heavy atom. The fourth-order valence-corrected chi connectivity index (χ4v) is 3.79. The molecule has 0 aliphatic carbocycles. The summed E-state index contributed by atoms with van der Waals surface area (Å²) in [6.45, 7) is 5.18. The fourth-order valence-electron chi connectivity index (χ4n) is 2.03. The van der Waals surface area contributed by atoms with Crippen LogP contribution in [0.2, 0.25) is 0 Å². The Balaban J connectivity index is 0.00000338. The summed E-state index contributed by atoms with van der Waals surface area (Å²) < 4.78 is 26.9. The molecule has 2 aromatic rings. The van der Waals surface area contributed by atoms with Crippen LogP contribution in [0.25, 0.3) is 0 Å². The molecule has 0 aliphatic rings. The van der Waals surface area contributed by atoms with Gasteiger partial charge in [0.25, 0.3) is 0 Å². The number of aromatic nitrogens is 1. The van der Waals surface area contributed by atoms with Crippen LogP contribution < -0.4 is 15.4 Å². The SMILES string of the molecule is CN=C(NCCNS(=O)(=O)c1ccc(C)cc1)NCc1ncc(C)s1.I. The van der Waals surface area contributed by atoms with E-state index in [-0.39, 0.29) is 35.4 Å². The summed E-state index contributed by atoms with van der Waals surface area (Å²) in [6.07, 6.45) is 1.83. The van der Waals surface area contributed by atoms with Crippen molar-refractivity contribution < 1.29 is 8.42 Å². The molecule has 3 N–H and O–H groups in total. The highest BCUT2D eigenvalue weighted by Gasteiger charge is 2.12. The highest BCUT2D eigenvalue weighted by Crippen LogP contribution is 2.10. The van der Waals surface area contributed by atoms with Crippen molar-refractivity contribution in [1.82, 2.24) is 20.3 Å². The van der Waals surface area contributed by atoms with Gasteiger partial charge in [-0.25, -0.2) is 18.1 Å². The highest BCUT2D eigenvalue weighted by molar-refractivity contribution is 14.0. The maximum Gasteiger partial charge on any atom is 0.240 e. The largest absolute Gasteiger partial charge is 0.355 e. The van der Waals surface area contributed by atoms with Gasteiger partial charge in [-0.15, -0.1) is 35.3 Å². The zero-order valence-corrected chi connectivity index (χ0v) is 18.9. The predicted octanol–water partition coefficient (Wildman–Crippen LogP) is 2.02. The number of nitrogens with one attached hydrogen (secondary N) is 3. The molecule has 1 aromatic heterocycles. The average molecular weight is 509 g/mol. The summed E-state index contributed by atoms with van der Waals surface area (Å²) in [5.74, 6) is 0.599. The lowest BCUT2D eigenvalue weighted by molar-refractivity contribution is 0.580. The minimum atomic E-state index is -3.49. The van der Waals surface area contributed by atoms with Gasteiger partial charge in [-0.2, -0.15) is 0 Å². The normalized spacial score (nSPS) is 11.7. The van der Waals surface area contributed by atoms with E-state index in [0.29, 0.717) is 19.0 Å². The van der Waals surface area contributed by atoms with Gasteiger partial charge in [0.1, 0.15) is 5.01 Å². The molecule has 1 heterocycles. The van der Waals surface area contributed by atoms with Crippen LogP contribution in [0.1, 0.15) is 15.4 Å². The number of guanidine groups is 1. The van der Waals surface area contributed by atoms with Crippen molar-refractivity contribution in [3.63, 3.8) is 0 Å². The van der Waals surface area contributed by atoms with Crippen molar-refractivity contribution in [2.45, 2.75) is 25.3 Å². The number of rotatable bonds is 7. The number of thiazole rings is 1. The third kappa shape index (κ3) is 7.17. The lowest BCUT2D eigenvalue weighted by Crippen LogP contribution is -2.41. The third-order valence-electron chi connectivity index (χ3n) is 3.34. The number of aryl methyl sites for hydroxylation is 2. The van der Waals surface area contributed by atoms with Crippen LogP contribution in [0.15, 0.2) is 40.4 Å². The van der Waals surface area contributed by atoms with Gasteiger partial charge in [-0.1, -0.05) is 17.7 Å². The number of hydrogen-bond donors (Lipinski definition) is 3. The lowest BCUT2D eigenvalue weighted by atomic mass is 10.2. The molecule has 1 aromatic carbocycles. The molecule has 0 amide bonds. The number of benzene rings is 1. The van der Waals surface area contributed by atoms with Gasteiger partial charge in [0, 0.05) is 31.2 Å². The molecule has 0 saturated carbocycles. The van der Waals surface area contributed by atoms with Crippen LogP contribution >= 0.6 is 35.3 Å². The van der Waals surface area contributed by atoms with Crippen molar-refractivity contribution in [3.8, 4) is 0 Å². The molecule has 10 heteroatoms. The second-order valence-electron chi connectivity index (χ2n) is 5.43. The average Bonchev–Trinajstić information content (AvgIpc) is 3.00. The van der Waals surface area contributed by atoms with Gasteiger partial charge in [0.2, 0.25) is 10.0 Å². The molecule has 0 fully saturated rings. The van der Waals surface area contributed by atoms with Gasteiger partial charge in [-0.05, 0) is 26.0 Å². The summed E-state index contributed by atoms with van der Waals surface area (Å²) in [5.41, 5.74) is 1.02. The maximum absolute atomic E-state index is 12.2. The van der Waals surface area contributed by atoms with Crippen molar-refractivity contribution in [1.29, 1.82) is 0 Å². The Bertz CT molecular complexity index is 819. The van der Waals surface area contributed by atoms with Crippen LogP contribution in [0.5, 0.6) is 0 Å². The summed E-state index contributed by atoms with van der Waals surface area (Å²) in [6, 6.07) is 6.75. The molecule has 0 radical (unpaired) electrons. The van der Waals surface area contributed by atoms with E-state index in [9.17, 15) is 8.42 Å². The summed E-state index contributed by atoms with van der Waals surface area (Å²) in [4.78, 5) is 9.80. The highest BCUT2D eigenvalue weighted by atomic mass is 127. The molecular weight excluding hydrogens is 485 g/mol. The van der Waals surface area contributed by atoms with Gasteiger partial charge in [0.05, 0.1) is 11.4 Å². The number of nitrogens with zero attached hydrogens (tertiary/aromatic N) is 2. The summed E-state index contributed by atoms with van der Waals surface area (Å²) in [7, 11) is -1.83. The Hall–Kier alpha value is -1.24. The molecular formula is C16H24IN5O2S2. The number of sulfonamides is 1. The molecule has 0 saturated heterocycles. The third-order valence-corrected chi connectivity index (χ3v) is 5.73. The van der Waals surface area contributed by atoms with E-state index in [1.165, 1.54) is 0 Å². The summed E-state index contributed by atoms with van der Waals surface area (Å²) >= 11 is 1.62. The number of aliphatic imine (C=N–C) groups is 1. The van der Waals surface area contributed by atoms with E-state index in [1.54, 1.807) is 42.6 Å². The van der Waals surface area contributed by atoms with Crippen LogP contribution in [0.3, 0.4) is 0 Å². The smallest absolute Gasteiger partial charge is 0.240 e. The van der Waals surface area contributed by atoms with E-state index >= 15 is 0 Å². The second-order valence-corrected chi connectivity index (χ2v) is 8.51. The topological polar surface area (TPSA) is 95.5 Å². The van der Waals surface area contributed by atoms with Gasteiger partial charge in [-0.3, -0.25) is 4.99 Å². The van der Waals surface area contributed by atoms with Crippen molar-refractivity contribution >= 4 is 51.3 Å². The minimum absolute atomic E-state index is 0. The van der Waals surface area contributed by atoms with E-state index in [4.69, 9.17) is 0 Å². The quantitative estimate of drug-likeness (QED) is 0.230. The molecule has 7 nitrogen and oxygen atoms in total. The zero-order valence-electron chi connectivity index (χ0n) is 14.9. The van der Waals surface area contributed by atoms with E-state index in [0.717, 1.165) is 15.4 Å². The first-order chi connectivity index (χ1) is 11.9. The molecule has 0 unspecified atom stereocenters. The number of halogens is 1. The van der Waals surface area contributed by atoms with Gasteiger partial charge < -0.3 is 10.6 Å². The first-order valence-electron chi connectivity index (χ1n) is 7.83. The van der Waals surface area contributed by atoms with Crippen LogP contribution in [-0.4, -0.2) is 39.5 Å². The maximum atomic E-state index is 12.2. The first kappa shape index (κ1) is 22.8. The zero-order chi connectivity index (χ0) is 18.3.